The summed E-state index contributed by atoms with van der Waals surface area (Å²) in [5, 5.41) is 12.3. The van der Waals surface area contributed by atoms with Crippen molar-refractivity contribution in [1.82, 2.24) is 24.5 Å². The minimum absolute atomic E-state index is 0.0497. The summed E-state index contributed by atoms with van der Waals surface area (Å²) in [6.07, 6.45) is 9.14. The summed E-state index contributed by atoms with van der Waals surface area (Å²) in [5.41, 5.74) is 1.20. The number of hydrogen-bond donors (Lipinski definition) is 1. The Morgan fingerprint density at radius 1 is 1.14 bits per heavy atom. The fourth-order valence-corrected chi connectivity index (χ4v) is 5.46. The van der Waals surface area contributed by atoms with E-state index in [1.54, 1.807) is 31.5 Å². The summed E-state index contributed by atoms with van der Waals surface area (Å²) in [5.74, 6) is 0.517. The summed E-state index contributed by atoms with van der Waals surface area (Å²) in [7, 11) is 0. The highest BCUT2D eigenvalue weighted by Gasteiger charge is 2.36. The van der Waals surface area contributed by atoms with Gasteiger partial charge in [0.15, 0.2) is 0 Å². The molecule has 0 spiro atoms. The average molecular weight is 514 g/mol. The molecule has 4 aromatic rings. The molecule has 1 atom stereocenters. The van der Waals surface area contributed by atoms with Crippen LogP contribution >= 0.6 is 23.2 Å². The van der Waals surface area contributed by atoms with Crippen LogP contribution in [0.5, 0.6) is 0 Å². The van der Waals surface area contributed by atoms with E-state index in [0.29, 0.717) is 51.4 Å². The Bertz CT molecular complexity index is 1380. The number of pyridine rings is 2. The van der Waals surface area contributed by atoms with Gasteiger partial charge in [0.1, 0.15) is 22.8 Å². The Morgan fingerprint density at radius 3 is 2.63 bits per heavy atom. The van der Waals surface area contributed by atoms with Crippen molar-refractivity contribution in [3.05, 3.63) is 70.4 Å². The molecule has 0 saturated heterocycles. The van der Waals surface area contributed by atoms with Crippen LogP contribution in [0.15, 0.2) is 42.9 Å². The van der Waals surface area contributed by atoms with Gasteiger partial charge in [-0.2, -0.15) is 0 Å². The number of nitrogens with zero attached hydrogens (tertiary/aromatic N) is 5. The fraction of sp³-hybridized carbons (Fsp3) is 0.385. The smallest absolute Gasteiger partial charge is 0.223 e. The zero-order valence-electron chi connectivity index (χ0n) is 19.5. The van der Waals surface area contributed by atoms with Crippen LogP contribution in [0, 0.1) is 17.7 Å². The quantitative estimate of drug-likeness (QED) is 0.311. The van der Waals surface area contributed by atoms with Crippen molar-refractivity contribution in [2.75, 3.05) is 0 Å². The molecular formula is C26H26Cl2FN5O. The van der Waals surface area contributed by atoms with Gasteiger partial charge >= 0.3 is 0 Å². The molecule has 6 nitrogen and oxygen atoms in total. The normalized spacial score (nSPS) is 20.2. The largest absolute Gasteiger partial charge is 0.377 e. The second-order valence-electron chi connectivity index (χ2n) is 9.64. The van der Waals surface area contributed by atoms with Gasteiger partial charge in [0.05, 0.1) is 21.7 Å². The molecule has 4 heterocycles. The molecule has 1 unspecified atom stereocenters. The zero-order chi connectivity index (χ0) is 24.7. The summed E-state index contributed by atoms with van der Waals surface area (Å²) in [6, 6.07) is 6.32. The molecule has 1 aliphatic rings. The molecule has 5 rings (SSSR count). The van der Waals surface area contributed by atoms with Crippen molar-refractivity contribution in [2.45, 2.75) is 51.7 Å². The molecule has 1 N–H and O–H groups in total. The molecule has 182 valence electrons. The summed E-state index contributed by atoms with van der Waals surface area (Å²) in [4.78, 5) is 17.4. The van der Waals surface area contributed by atoms with E-state index >= 15 is 0 Å². The molecule has 4 aromatic heterocycles. The molecule has 35 heavy (non-hydrogen) atoms. The molecule has 1 fully saturated rings. The summed E-state index contributed by atoms with van der Waals surface area (Å²) < 4.78 is 16.8. The van der Waals surface area contributed by atoms with Gasteiger partial charge in [-0.25, -0.2) is 14.4 Å². The number of rotatable bonds is 5. The highest BCUT2D eigenvalue weighted by Crippen LogP contribution is 2.39. The number of aliphatic hydroxyl groups is 1. The highest BCUT2D eigenvalue weighted by molar-refractivity contribution is 6.31. The van der Waals surface area contributed by atoms with Gasteiger partial charge in [0.2, 0.25) is 5.28 Å². The van der Waals surface area contributed by atoms with E-state index < -0.39 is 11.4 Å². The summed E-state index contributed by atoms with van der Waals surface area (Å²) >= 11 is 12.6. The topological polar surface area (TPSA) is 76.7 Å². The fourth-order valence-electron chi connectivity index (χ4n) is 5.11. The van der Waals surface area contributed by atoms with E-state index in [4.69, 9.17) is 23.2 Å². The molecular weight excluding hydrogens is 488 g/mol. The number of halogens is 3. The minimum Gasteiger partial charge on any atom is -0.377 e. The lowest BCUT2D eigenvalue weighted by molar-refractivity contribution is 0.0827. The van der Waals surface area contributed by atoms with Gasteiger partial charge in [0, 0.05) is 30.7 Å². The standard InChI is InChI=1S/C26H26Cl2FN5O/c1-15-5-7-16(8-6-15)14-34-21(26(2,35)24-19(29)4-3-9-31-24)11-20-23(34)22(33-25(28)32-20)17-10-18(27)13-30-12-17/h3-4,9-13,15-16,35H,5-8,14H2,1-2H3. The van der Waals surface area contributed by atoms with Crippen molar-refractivity contribution >= 4 is 34.2 Å². The number of fused-ring (bicyclic) bond motifs is 1. The van der Waals surface area contributed by atoms with Crippen LogP contribution in [0.2, 0.25) is 10.3 Å². The van der Waals surface area contributed by atoms with Gasteiger partial charge in [-0.15, -0.1) is 0 Å². The van der Waals surface area contributed by atoms with Crippen LogP contribution in [0.3, 0.4) is 0 Å². The molecule has 0 aromatic carbocycles. The van der Waals surface area contributed by atoms with E-state index in [9.17, 15) is 9.50 Å². The monoisotopic (exact) mass is 513 g/mol. The summed E-state index contributed by atoms with van der Waals surface area (Å²) in [6.45, 7) is 4.46. The first-order chi connectivity index (χ1) is 16.7. The Labute approximate surface area is 213 Å². The van der Waals surface area contributed by atoms with Crippen molar-refractivity contribution in [3.63, 3.8) is 0 Å². The predicted molar refractivity (Wildman–Crippen MR) is 135 cm³/mol. The van der Waals surface area contributed by atoms with Gasteiger partial charge in [0.25, 0.3) is 0 Å². The van der Waals surface area contributed by atoms with E-state index in [1.807, 2.05) is 4.57 Å². The minimum atomic E-state index is -1.72. The second-order valence-corrected chi connectivity index (χ2v) is 10.4. The van der Waals surface area contributed by atoms with Gasteiger partial charge in [-0.1, -0.05) is 31.4 Å². The van der Waals surface area contributed by atoms with Crippen molar-refractivity contribution in [3.8, 4) is 11.3 Å². The van der Waals surface area contributed by atoms with E-state index in [2.05, 4.69) is 26.9 Å². The Balaban J connectivity index is 1.75. The zero-order valence-corrected chi connectivity index (χ0v) is 21.1. The van der Waals surface area contributed by atoms with Crippen LogP contribution < -0.4 is 0 Å². The molecule has 0 radical (unpaired) electrons. The highest BCUT2D eigenvalue weighted by atomic mass is 35.5. The Hall–Kier alpha value is -2.61. The lowest BCUT2D eigenvalue weighted by atomic mass is 9.83. The SMILES string of the molecule is CC1CCC(Cn2c(C(C)(O)c3ncccc3F)cc3nc(Cl)nc(-c4cncc(Cl)c4)c32)CC1. The van der Waals surface area contributed by atoms with Crippen LogP contribution in [-0.2, 0) is 12.1 Å². The van der Waals surface area contributed by atoms with Gasteiger partial charge in [-0.3, -0.25) is 9.97 Å². The first-order valence-electron chi connectivity index (χ1n) is 11.8. The maximum atomic E-state index is 14.8. The van der Waals surface area contributed by atoms with Crippen LogP contribution in [0.1, 0.15) is 50.9 Å². The van der Waals surface area contributed by atoms with Gasteiger partial charge < -0.3 is 9.67 Å². The number of hydrogen-bond acceptors (Lipinski definition) is 5. The third-order valence-electron chi connectivity index (χ3n) is 6.99. The lowest BCUT2D eigenvalue weighted by Gasteiger charge is -2.30. The lowest BCUT2D eigenvalue weighted by Crippen LogP contribution is -2.30. The Kier molecular flexibility index (Phi) is 6.51. The maximum Gasteiger partial charge on any atom is 0.223 e. The van der Waals surface area contributed by atoms with E-state index in [-0.39, 0.29) is 11.0 Å². The molecule has 1 saturated carbocycles. The third-order valence-corrected chi connectivity index (χ3v) is 7.37. The molecule has 0 bridgehead atoms. The number of aromatic nitrogens is 5. The molecule has 0 amide bonds. The van der Waals surface area contributed by atoms with Crippen LogP contribution in [0.25, 0.3) is 22.3 Å². The molecule has 1 aliphatic carbocycles. The van der Waals surface area contributed by atoms with Crippen molar-refractivity contribution in [1.29, 1.82) is 0 Å². The van der Waals surface area contributed by atoms with Crippen molar-refractivity contribution < 1.29 is 9.50 Å². The van der Waals surface area contributed by atoms with E-state index in [1.165, 1.54) is 18.3 Å². The molecule has 9 heteroatoms. The van der Waals surface area contributed by atoms with Crippen LogP contribution in [0.4, 0.5) is 4.39 Å². The van der Waals surface area contributed by atoms with Gasteiger partial charge in [-0.05, 0) is 67.5 Å². The average Bonchev–Trinajstić information content (AvgIpc) is 3.19. The van der Waals surface area contributed by atoms with E-state index in [0.717, 1.165) is 25.7 Å². The molecule has 0 aliphatic heterocycles. The third kappa shape index (κ3) is 4.65. The first kappa shape index (κ1) is 24.1. The predicted octanol–water partition coefficient (Wildman–Crippen LogP) is 6.42. The Morgan fingerprint density at radius 2 is 1.91 bits per heavy atom. The van der Waals surface area contributed by atoms with Crippen LogP contribution in [-0.4, -0.2) is 29.6 Å². The first-order valence-corrected chi connectivity index (χ1v) is 12.5. The maximum absolute atomic E-state index is 14.8. The van der Waals surface area contributed by atoms with Crippen molar-refractivity contribution in [2.24, 2.45) is 11.8 Å². The second kappa shape index (κ2) is 9.45.